The molecular formula is C15H28N2O2. The monoisotopic (exact) mass is 268 g/mol. The van der Waals surface area contributed by atoms with Crippen molar-refractivity contribution < 1.29 is 9.53 Å². The predicted octanol–water partition coefficient (Wildman–Crippen LogP) is 1.60. The van der Waals surface area contributed by atoms with Crippen LogP contribution in [0, 0.1) is 5.92 Å². The molecule has 0 radical (unpaired) electrons. The third kappa shape index (κ3) is 8.14. The Morgan fingerprint density at radius 1 is 1.37 bits per heavy atom. The van der Waals surface area contributed by atoms with Gasteiger partial charge >= 0.3 is 0 Å². The fourth-order valence-electron chi connectivity index (χ4n) is 2.20. The van der Waals surface area contributed by atoms with Gasteiger partial charge in [0.1, 0.15) is 0 Å². The van der Waals surface area contributed by atoms with E-state index in [1.165, 1.54) is 0 Å². The van der Waals surface area contributed by atoms with Crippen LogP contribution in [0.3, 0.4) is 0 Å². The molecule has 0 aromatic heterocycles. The van der Waals surface area contributed by atoms with Gasteiger partial charge in [-0.2, -0.15) is 0 Å². The van der Waals surface area contributed by atoms with E-state index in [9.17, 15) is 4.79 Å². The van der Waals surface area contributed by atoms with Crippen LogP contribution in [0.25, 0.3) is 0 Å². The van der Waals surface area contributed by atoms with Crippen molar-refractivity contribution in [1.29, 1.82) is 0 Å². The number of ketones is 1. The van der Waals surface area contributed by atoms with Gasteiger partial charge in [0.2, 0.25) is 0 Å². The Bertz CT molecular complexity index is 273. The minimum atomic E-state index is 0.243. The summed E-state index contributed by atoms with van der Waals surface area (Å²) in [5.74, 6) is 0.841. The summed E-state index contributed by atoms with van der Waals surface area (Å²) in [6.45, 7) is 7.35. The van der Waals surface area contributed by atoms with Crippen LogP contribution in [0.4, 0.5) is 0 Å². The molecule has 1 saturated heterocycles. The van der Waals surface area contributed by atoms with Crippen molar-refractivity contribution in [1.82, 2.24) is 4.90 Å². The van der Waals surface area contributed by atoms with Crippen LogP contribution in [-0.2, 0) is 9.53 Å². The number of carbonyl (C=O) groups excluding carboxylic acids is 1. The van der Waals surface area contributed by atoms with Crippen LogP contribution in [0.1, 0.15) is 32.6 Å². The maximum atomic E-state index is 11.7. The number of ether oxygens (including phenoxy) is 1. The summed E-state index contributed by atoms with van der Waals surface area (Å²) in [7, 11) is 0. The first-order valence-corrected chi connectivity index (χ1v) is 7.42. The second kappa shape index (κ2) is 10.1. The zero-order valence-corrected chi connectivity index (χ0v) is 12.1. The molecule has 1 unspecified atom stereocenters. The Hall–Kier alpha value is -0.710. The lowest BCUT2D eigenvalue weighted by Gasteiger charge is -2.25. The quantitative estimate of drug-likeness (QED) is 0.645. The molecule has 0 aliphatic carbocycles. The molecule has 0 aromatic rings. The second-order valence-corrected chi connectivity index (χ2v) is 5.36. The molecule has 110 valence electrons. The zero-order valence-electron chi connectivity index (χ0n) is 12.1. The van der Waals surface area contributed by atoms with Crippen LogP contribution >= 0.6 is 0 Å². The molecule has 19 heavy (non-hydrogen) atoms. The van der Waals surface area contributed by atoms with Crippen LogP contribution in [0.15, 0.2) is 12.2 Å². The van der Waals surface area contributed by atoms with Gasteiger partial charge in [-0.1, -0.05) is 13.0 Å². The summed E-state index contributed by atoms with van der Waals surface area (Å²) in [6.07, 6.45) is 7.54. The predicted molar refractivity (Wildman–Crippen MR) is 78.1 cm³/mol. The molecule has 0 aromatic carbocycles. The summed E-state index contributed by atoms with van der Waals surface area (Å²) in [4.78, 5) is 14.0. The molecule has 0 saturated carbocycles. The van der Waals surface area contributed by atoms with Crippen LogP contribution in [-0.4, -0.2) is 50.1 Å². The molecule has 1 fully saturated rings. The van der Waals surface area contributed by atoms with Gasteiger partial charge < -0.3 is 10.5 Å². The molecule has 1 aliphatic rings. The standard InChI is InChI=1S/C15H28N2O2/c1-14(4-2-8-16)6-7-15(18)5-3-9-17-10-12-19-13-11-17/h3,5,14H,2,4,6-13,16H2,1H3/b5-3+. The third-order valence-electron chi connectivity index (χ3n) is 3.56. The van der Waals surface area contributed by atoms with Gasteiger partial charge in [-0.3, -0.25) is 9.69 Å². The third-order valence-corrected chi connectivity index (χ3v) is 3.56. The van der Waals surface area contributed by atoms with E-state index in [1.807, 2.05) is 6.08 Å². The van der Waals surface area contributed by atoms with Crippen LogP contribution in [0.5, 0.6) is 0 Å². The summed E-state index contributed by atoms with van der Waals surface area (Å²) in [5.41, 5.74) is 5.48. The molecule has 0 bridgehead atoms. The fourth-order valence-corrected chi connectivity index (χ4v) is 2.20. The van der Waals surface area contributed by atoms with Crippen LogP contribution in [0.2, 0.25) is 0 Å². The lowest BCUT2D eigenvalue weighted by molar-refractivity contribution is -0.114. The Morgan fingerprint density at radius 3 is 2.79 bits per heavy atom. The topological polar surface area (TPSA) is 55.6 Å². The Labute approximate surface area is 117 Å². The lowest BCUT2D eigenvalue weighted by Crippen LogP contribution is -2.36. The second-order valence-electron chi connectivity index (χ2n) is 5.36. The number of carbonyl (C=O) groups is 1. The van der Waals surface area contributed by atoms with E-state index in [2.05, 4.69) is 11.8 Å². The highest BCUT2D eigenvalue weighted by molar-refractivity contribution is 5.89. The Balaban J connectivity index is 2.08. The summed E-state index contributed by atoms with van der Waals surface area (Å²) < 4.78 is 5.28. The lowest BCUT2D eigenvalue weighted by atomic mass is 9.98. The summed E-state index contributed by atoms with van der Waals surface area (Å²) in [5, 5.41) is 0. The van der Waals surface area contributed by atoms with E-state index in [-0.39, 0.29) is 5.78 Å². The maximum Gasteiger partial charge on any atom is 0.155 e. The van der Waals surface area contributed by atoms with E-state index in [1.54, 1.807) is 6.08 Å². The first-order chi connectivity index (χ1) is 9.22. The van der Waals surface area contributed by atoms with Gasteiger partial charge in [0, 0.05) is 26.1 Å². The van der Waals surface area contributed by atoms with E-state index in [0.29, 0.717) is 12.3 Å². The number of nitrogens with zero attached hydrogens (tertiary/aromatic N) is 1. The van der Waals surface area contributed by atoms with Crippen molar-refractivity contribution in [2.45, 2.75) is 32.6 Å². The fraction of sp³-hybridized carbons (Fsp3) is 0.800. The highest BCUT2D eigenvalue weighted by Crippen LogP contribution is 2.12. The van der Waals surface area contributed by atoms with Crippen molar-refractivity contribution in [3.05, 3.63) is 12.2 Å². The van der Waals surface area contributed by atoms with E-state index >= 15 is 0 Å². The molecular weight excluding hydrogens is 240 g/mol. The first kappa shape index (κ1) is 16.3. The van der Waals surface area contributed by atoms with Crippen molar-refractivity contribution >= 4 is 5.78 Å². The van der Waals surface area contributed by atoms with Crippen molar-refractivity contribution in [3.63, 3.8) is 0 Å². The first-order valence-electron chi connectivity index (χ1n) is 7.42. The average Bonchev–Trinajstić information content (AvgIpc) is 2.44. The van der Waals surface area contributed by atoms with Crippen molar-refractivity contribution in [2.24, 2.45) is 11.7 Å². The minimum absolute atomic E-state index is 0.243. The number of morpholine rings is 1. The zero-order chi connectivity index (χ0) is 13.9. The van der Waals surface area contributed by atoms with Gasteiger partial charge in [0.15, 0.2) is 5.78 Å². The van der Waals surface area contributed by atoms with Gasteiger partial charge in [0.05, 0.1) is 13.2 Å². The number of allylic oxidation sites excluding steroid dienone is 1. The highest BCUT2D eigenvalue weighted by atomic mass is 16.5. The molecule has 1 atom stereocenters. The molecule has 0 amide bonds. The number of hydrogen-bond donors (Lipinski definition) is 1. The molecule has 1 heterocycles. The average molecular weight is 268 g/mol. The number of nitrogens with two attached hydrogens (primary N) is 1. The summed E-state index contributed by atoms with van der Waals surface area (Å²) >= 11 is 0. The van der Waals surface area contributed by atoms with Gasteiger partial charge in [-0.15, -0.1) is 0 Å². The molecule has 1 rings (SSSR count). The van der Waals surface area contributed by atoms with Crippen molar-refractivity contribution in [3.8, 4) is 0 Å². The largest absolute Gasteiger partial charge is 0.379 e. The van der Waals surface area contributed by atoms with Gasteiger partial charge in [-0.25, -0.2) is 0 Å². The van der Waals surface area contributed by atoms with Crippen molar-refractivity contribution in [2.75, 3.05) is 39.4 Å². The molecule has 0 spiro atoms. The van der Waals surface area contributed by atoms with E-state index in [0.717, 1.165) is 58.7 Å². The summed E-state index contributed by atoms with van der Waals surface area (Å²) in [6, 6.07) is 0. The van der Waals surface area contributed by atoms with E-state index < -0.39 is 0 Å². The molecule has 4 nitrogen and oxygen atoms in total. The molecule has 2 N–H and O–H groups in total. The van der Waals surface area contributed by atoms with Crippen LogP contribution < -0.4 is 5.73 Å². The van der Waals surface area contributed by atoms with Gasteiger partial charge in [-0.05, 0) is 37.8 Å². The maximum absolute atomic E-state index is 11.7. The SMILES string of the molecule is CC(CCCN)CCC(=O)/C=C/CN1CCOCC1. The number of rotatable bonds is 9. The Morgan fingerprint density at radius 2 is 2.11 bits per heavy atom. The number of hydrogen-bond acceptors (Lipinski definition) is 4. The van der Waals surface area contributed by atoms with Gasteiger partial charge in [0.25, 0.3) is 0 Å². The smallest absolute Gasteiger partial charge is 0.155 e. The normalized spacial score (nSPS) is 18.8. The molecule has 1 aliphatic heterocycles. The van der Waals surface area contributed by atoms with E-state index in [4.69, 9.17) is 10.5 Å². The Kier molecular flexibility index (Phi) is 8.71. The minimum Gasteiger partial charge on any atom is -0.379 e. The molecule has 4 heteroatoms. The highest BCUT2D eigenvalue weighted by Gasteiger charge is 2.08.